The number of nitrogens with one attached hydrogen (secondary N) is 1. The Bertz CT molecular complexity index is 1590. The van der Waals surface area contributed by atoms with Crippen molar-refractivity contribution in [3.8, 4) is 17.2 Å². The van der Waals surface area contributed by atoms with Crippen LogP contribution in [0.4, 0.5) is 8.78 Å². The molecule has 0 fully saturated rings. The van der Waals surface area contributed by atoms with E-state index in [1.54, 1.807) is 18.3 Å². The number of halogens is 3. The number of ketones is 1. The molecular formula is C30H26ClF2N3O4. The van der Waals surface area contributed by atoms with Crippen LogP contribution in [-0.2, 0) is 4.79 Å². The Morgan fingerprint density at radius 3 is 2.20 bits per heavy atom. The number of carbonyl (C=O) groups excluding carboxylic acids is 2. The number of aliphatic carboxylic acids is 1. The van der Waals surface area contributed by atoms with Crippen LogP contribution in [0.3, 0.4) is 0 Å². The second kappa shape index (κ2) is 14.5. The number of carboxylic acid groups (broad SMARTS) is 1. The molecule has 0 spiro atoms. The second-order valence-electron chi connectivity index (χ2n) is 8.08. The molecule has 0 saturated heterocycles. The number of pyridine rings is 1. The minimum absolute atomic E-state index is 0.209. The van der Waals surface area contributed by atoms with Crippen molar-refractivity contribution >= 4 is 40.2 Å². The van der Waals surface area contributed by atoms with Gasteiger partial charge >= 0.3 is 5.97 Å². The predicted octanol–water partition coefficient (Wildman–Crippen LogP) is 6.74. The van der Waals surface area contributed by atoms with Gasteiger partial charge in [-0.2, -0.15) is 5.26 Å². The van der Waals surface area contributed by atoms with E-state index in [0.29, 0.717) is 10.6 Å². The van der Waals surface area contributed by atoms with E-state index in [9.17, 15) is 23.2 Å². The Kier molecular flexibility index (Phi) is 11.4. The molecule has 40 heavy (non-hydrogen) atoms. The first kappa shape index (κ1) is 31.5. The number of amides is 1. The molecule has 7 nitrogen and oxygen atoms in total. The van der Waals surface area contributed by atoms with Crippen molar-refractivity contribution in [1.82, 2.24) is 10.3 Å². The molecule has 0 saturated carbocycles. The van der Waals surface area contributed by atoms with E-state index in [4.69, 9.17) is 22.0 Å². The van der Waals surface area contributed by atoms with Gasteiger partial charge in [0.2, 0.25) is 0 Å². The molecule has 2 N–H and O–H groups in total. The molecule has 0 radical (unpaired) electrons. The van der Waals surface area contributed by atoms with Crippen LogP contribution in [0.2, 0.25) is 5.02 Å². The van der Waals surface area contributed by atoms with Crippen LogP contribution in [0.5, 0.6) is 0 Å². The molecule has 1 heterocycles. The summed E-state index contributed by atoms with van der Waals surface area (Å²) >= 11 is 6.30. The molecule has 1 amide bonds. The third-order valence-corrected chi connectivity index (χ3v) is 5.76. The molecule has 3 aromatic carbocycles. The molecule has 0 aliphatic heterocycles. The van der Waals surface area contributed by atoms with Crippen LogP contribution < -0.4 is 5.32 Å². The van der Waals surface area contributed by atoms with E-state index in [1.807, 2.05) is 37.4 Å². The lowest BCUT2D eigenvalue weighted by molar-refractivity contribution is -0.135. The van der Waals surface area contributed by atoms with Gasteiger partial charge in [0.25, 0.3) is 5.91 Å². The van der Waals surface area contributed by atoms with Crippen molar-refractivity contribution in [1.29, 1.82) is 5.26 Å². The number of aromatic nitrogens is 1. The number of fused-ring (bicyclic) bond motifs is 1. The number of carboxylic acids is 1. The molecule has 0 atom stereocenters. The molecule has 0 bridgehead atoms. The first-order chi connectivity index (χ1) is 19.0. The number of benzene rings is 3. The van der Waals surface area contributed by atoms with E-state index >= 15 is 0 Å². The smallest absolute Gasteiger partial charge is 0.322 e. The number of carbonyl (C=O) groups is 3. The number of nitriles is 1. The number of nitrogens with zero attached hydrogens (tertiary/aromatic N) is 2. The fourth-order valence-electron chi connectivity index (χ4n) is 3.57. The minimum atomic E-state index is -1.34. The van der Waals surface area contributed by atoms with Gasteiger partial charge < -0.3 is 10.4 Å². The highest BCUT2D eigenvalue weighted by Crippen LogP contribution is 2.34. The van der Waals surface area contributed by atoms with E-state index in [1.165, 1.54) is 5.56 Å². The highest BCUT2D eigenvalue weighted by molar-refractivity contribution is 6.33. The molecule has 0 unspecified atom stereocenters. The molecule has 0 aliphatic carbocycles. The first-order valence-electron chi connectivity index (χ1n) is 12.1. The Morgan fingerprint density at radius 2 is 1.65 bits per heavy atom. The summed E-state index contributed by atoms with van der Waals surface area (Å²) in [6.45, 7) is 6.43. The summed E-state index contributed by atoms with van der Waals surface area (Å²) in [5.41, 5.74) is 3.43. The fraction of sp³-hybridized carbons (Fsp3) is 0.167. The zero-order chi connectivity index (χ0) is 30.0. The maximum Gasteiger partial charge on any atom is 0.322 e. The van der Waals surface area contributed by atoms with E-state index in [0.717, 1.165) is 41.1 Å². The van der Waals surface area contributed by atoms with Gasteiger partial charge in [-0.15, -0.1) is 0 Å². The average Bonchev–Trinajstić information content (AvgIpc) is 2.93. The summed E-state index contributed by atoms with van der Waals surface area (Å²) in [6, 6.07) is 16.9. The maximum absolute atomic E-state index is 13.4. The molecule has 1 aromatic heterocycles. The van der Waals surface area contributed by atoms with Crippen molar-refractivity contribution in [2.24, 2.45) is 0 Å². The van der Waals surface area contributed by atoms with Gasteiger partial charge in [0, 0.05) is 33.3 Å². The first-order valence-corrected chi connectivity index (χ1v) is 12.5. The fourth-order valence-corrected chi connectivity index (χ4v) is 3.86. The Morgan fingerprint density at radius 1 is 1.02 bits per heavy atom. The Hall–Kier alpha value is -4.68. The number of hydrogen-bond donors (Lipinski definition) is 2. The van der Waals surface area contributed by atoms with E-state index < -0.39 is 41.4 Å². The van der Waals surface area contributed by atoms with Crippen molar-refractivity contribution < 1.29 is 28.3 Å². The van der Waals surface area contributed by atoms with Crippen molar-refractivity contribution in [3.05, 3.63) is 99.7 Å². The predicted molar refractivity (Wildman–Crippen MR) is 149 cm³/mol. The van der Waals surface area contributed by atoms with Crippen molar-refractivity contribution in [3.63, 3.8) is 0 Å². The number of aryl methyl sites for hydroxylation is 1. The molecule has 4 rings (SSSR count). The lowest BCUT2D eigenvalue weighted by atomic mass is 9.98. The molecule has 10 heteroatoms. The van der Waals surface area contributed by atoms with Gasteiger partial charge in [0.15, 0.2) is 5.78 Å². The lowest BCUT2D eigenvalue weighted by Gasteiger charge is -2.10. The van der Waals surface area contributed by atoms with Gasteiger partial charge in [0.05, 0.1) is 17.1 Å². The van der Waals surface area contributed by atoms with Gasteiger partial charge in [-0.25, -0.2) is 8.78 Å². The normalized spacial score (nSPS) is 9.85. The van der Waals surface area contributed by atoms with Crippen molar-refractivity contribution in [2.45, 2.75) is 27.7 Å². The summed E-state index contributed by atoms with van der Waals surface area (Å²) < 4.78 is 26.9. The SMILES string of the molecule is CC.CC(=O)c1cc(F)c(C(=O)NCC(=O)O)c(F)c1.Cc1ccc(-c2ccc(C#N)cc2Cl)c2ncccc12. The zero-order valence-electron chi connectivity index (χ0n) is 22.2. The molecule has 4 aromatic rings. The summed E-state index contributed by atoms with van der Waals surface area (Å²) in [6.07, 6.45) is 1.78. The third-order valence-electron chi connectivity index (χ3n) is 5.45. The highest BCUT2D eigenvalue weighted by Gasteiger charge is 2.20. The highest BCUT2D eigenvalue weighted by atomic mass is 35.5. The quantitative estimate of drug-likeness (QED) is 0.258. The minimum Gasteiger partial charge on any atom is -0.480 e. The average molecular weight is 566 g/mol. The zero-order valence-corrected chi connectivity index (χ0v) is 22.9. The molecule has 206 valence electrons. The van der Waals surface area contributed by atoms with Gasteiger partial charge in [-0.3, -0.25) is 19.4 Å². The summed E-state index contributed by atoms with van der Waals surface area (Å²) in [4.78, 5) is 36.9. The Labute approximate surface area is 235 Å². The third kappa shape index (κ3) is 7.68. The van der Waals surface area contributed by atoms with E-state index in [2.05, 4.69) is 30.1 Å². The summed E-state index contributed by atoms with van der Waals surface area (Å²) in [5.74, 6) is -5.52. The van der Waals surface area contributed by atoms with Gasteiger partial charge in [0.1, 0.15) is 23.7 Å². The van der Waals surface area contributed by atoms with Crippen LogP contribution >= 0.6 is 11.6 Å². The standard InChI is InChI=1S/C17H11ClN2.C11H9F2NO4.C2H6/c1-11-4-6-15(17-13(11)3-2-8-20-17)14-7-5-12(10-19)9-16(14)18;1-5(15)6-2-7(12)10(8(13)3-6)11(18)14-4-9(16)17;1-2/h2-9H,1H3;2-3H,4H2,1H3,(H,14,18)(H,16,17);1-2H3. The van der Waals surface area contributed by atoms with Crippen LogP contribution in [0.15, 0.2) is 60.8 Å². The van der Waals surface area contributed by atoms with Gasteiger partial charge in [-0.05, 0) is 49.7 Å². The lowest BCUT2D eigenvalue weighted by Crippen LogP contribution is -2.30. The molecular weight excluding hydrogens is 540 g/mol. The number of hydrogen-bond acceptors (Lipinski definition) is 5. The largest absolute Gasteiger partial charge is 0.480 e. The monoisotopic (exact) mass is 565 g/mol. The van der Waals surface area contributed by atoms with Crippen LogP contribution in [0.25, 0.3) is 22.0 Å². The Balaban J connectivity index is 0.000000266. The van der Waals surface area contributed by atoms with E-state index in [-0.39, 0.29) is 5.56 Å². The second-order valence-corrected chi connectivity index (χ2v) is 8.49. The summed E-state index contributed by atoms with van der Waals surface area (Å²) in [5, 5.41) is 20.7. The number of rotatable bonds is 5. The maximum atomic E-state index is 13.4. The number of Topliss-reactive ketones (excluding diaryl/α,β-unsaturated/α-hetero) is 1. The topological polar surface area (TPSA) is 120 Å². The van der Waals surface area contributed by atoms with Crippen LogP contribution in [0.1, 0.15) is 52.6 Å². The van der Waals surface area contributed by atoms with Crippen LogP contribution in [0, 0.1) is 29.9 Å². The molecule has 0 aliphatic rings. The van der Waals surface area contributed by atoms with Crippen LogP contribution in [-0.4, -0.2) is 34.3 Å². The van der Waals surface area contributed by atoms with Crippen molar-refractivity contribution in [2.75, 3.05) is 6.54 Å². The summed E-state index contributed by atoms with van der Waals surface area (Å²) in [7, 11) is 0. The van der Waals surface area contributed by atoms with Gasteiger partial charge in [-0.1, -0.05) is 49.7 Å².